The molecule has 2 saturated carbocycles. The predicted octanol–water partition coefficient (Wildman–Crippen LogP) is 4.16. The smallest absolute Gasteiger partial charge is 0.222 e. The normalized spacial score (nSPS) is 31.4. The van der Waals surface area contributed by atoms with Crippen molar-refractivity contribution in [1.82, 2.24) is 4.90 Å². The van der Waals surface area contributed by atoms with Gasteiger partial charge in [0.25, 0.3) is 0 Å². The maximum atomic E-state index is 11.7. The number of nitrogens with zero attached hydrogens (tertiary/aromatic N) is 1. The first-order chi connectivity index (χ1) is 12.9. The van der Waals surface area contributed by atoms with E-state index in [0.717, 1.165) is 38.0 Å². The van der Waals surface area contributed by atoms with Crippen molar-refractivity contribution in [1.29, 1.82) is 0 Å². The zero-order valence-corrected chi connectivity index (χ0v) is 17.6. The van der Waals surface area contributed by atoms with E-state index in [4.69, 9.17) is 0 Å². The Hall–Kier alpha value is -0.870. The maximum Gasteiger partial charge on any atom is 0.222 e. The summed E-state index contributed by atoms with van der Waals surface area (Å²) in [7, 11) is 3.64. The second-order valence-electron chi connectivity index (χ2n) is 9.12. The first-order valence-corrected chi connectivity index (χ1v) is 11.2. The Morgan fingerprint density at radius 3 is 2.63 bits per heavy atom. The standard InChI is InChI=1S/C23H41NO3/c1-4-5-6-10-19(25)12-13-20-21-15-17(14-18(21)16-22(20)26)9-7-8-11-23(27)24(2)3/h12-13,17-22,25-26H,4-11,14-16H2,1-3H3/t17-,18+,19+,20-,21+,22-/m1/s1. The number of amides is 1. The number of carbonyl (C=O) groups excluding carboxylic acids is 1. The van der Waals surface area contributed by atoms with Crippen molar-refractivity contribution in [3.8, 4) is 0 Å². The lowest BCUT2D eigenvalue weighted by Gasteiger charge is -2.19. The number of aliphatic hydroxyl groups is 2. The van der Waals surface area contributed by atoms with Crippen molar-refractivity contribution in [3.05, 3.63) is 12.2 Å². The molecule has 0 radical (unpaired) electrons. The van der Waals surface area contributed by atoms with Gasteiger partial charge in [-0.3, -0.25) is 4.79 Å². The summed E-state index contributed by atoms with van der Waals surface area (Å²) in [6.07, 6.45) is 15.0. The highest BCUT2D eigenvalue weighted by Gasteiger charge is 2.46. The molecule has 2 fully saturated rings. The molecule has 2 N–H and O–H groups in total. The molecule has 0 spiro atoms. The monoisotopic (exact) mass is 379 g/mol. The molecule has 0 saturated heterocycles. The Kier molecular flexibility index (Phi) is 9.31. The number of aliphatic hydroxyl groups excluding tert-OH is 2. The van der Waals surface area contributed by atoms with E-state index in [1.807, 2.05) is 20.2 Å². The lowest BCUT2D eigenvalue weighted by Crippen LogP contribution is -2.21. The third-order valence-corrected chi connectivity index (χ3v) is 6.74. The van der Waals surface area contributed by atoms with Crippen LogP contribution in [-0.4, -0.2) is 47.3 Å². The highest BCUT2D eigenvalue weighted by molar-refractivity contribution is 5.75. The lowest BCUT2D eigenvalue weighted by atomic mass is 9.89. The Balaban J connectivity index is 1.73. The van der Waals surface area contributed by atoms with Crippen LogP contribution in [0.4, 0.5) is 0 Å². The van der Waals surface area contributed by atoms with Crippen LogP contribution in [0.25, 0.3) is 0 Å². The largest absolute Gasteiger partial charge is 0.392 e. The zero-order chi connectivity index (χ0) is 19.8. The number of hydrogen-bond donors (Lipinski definition) is 2. The first kappa shape index (κ1) is 22.4. The highest BCUT2D eigenvalue weighted by Crippen LogP contribution is 2.51. The second kappa shape index (κ2) is 11.2. The number of rotatable bonds is 11. The number of unbranched alkanes of at least 4 members (excludes halogenated alkanes) is 3. The van der Waals surface area contributed by atoms with Gasteiger partial charge in [0.2, 0.25) is 5.91 Å². The molecule has 4 heteroatoms. The molecule has 0 aliphatic heterocycles. The number of hydrogen-bond acceptors (Lipinski definition) is 3. The molecule has 156 valence electrons. The molecule has 2 aliphatic rings. The van der Waals surface area contributed by atoms with Crippen molar-refractivity contribution in [3.63, 3.8) is 0 Å². The van der Waals surface area contributed by atoms with Crippen molar-refractivity contribution >= 4 is 5.91 Å². The lowest BCUT2D eigenvalue weighted by molar-refractivity contribution is -0.128. The van der Waals surface area contributed by atoms with Gasteiger partial charge in [0, 0.05) is 26.4 Å². The molecule has 0 bridgehead atoms. The minimum Gasteiger partial charge on any atom is -0.392 e. The molecule has 0 aromatic rings. The summed E-state index contributed by atoms with van der Waals surface area (Å²) in [6.45, 7) is 2.17. The molecule has 0 aromatic heterocycles. The van der Waals surface area contributed by atoms with Crippen molar-refractivity contribution in [2.75, 3.05) is 14.1 Å². The van der Waals surface area contributed by atoms with Gasteiger partial charge in [0.15, 0.2) is 0 Å². The molecule has 0 aromatic carbocycles. The summed E-state index contributed by atoms with van der Waals surface area (Å²) < 4.78 is 0. The molecule has 2 aliphatic carbocycles. The van der Waals surface area contributed by atoms with Gasteiger partial charge in [0.1, 0.15) is 0 Å². The summed E-state index contributed by atoms with van der Waals surface area (Å²) in [5.74, 6) is 2.40. The summed E-state index contributed by atoms with van der Waals surface area (Å²) in [4.78, 5) is 13.3. The fraction of sp³-hybridized carbons (Fsp3) is 0.870. The molecule has 1 amide bonds. The fourth-order valence-electron chi connectivity index (χ4n) is 5.17. The van der Waals surface area contributed by atoms with E-state index >= 15 is 0 Å². The fourth-order valence-corrected chi connectivity index (χ4v) is 5.17. The topological polar surface area (TPSA) is 60.8 Å². The second-order valence-corrected chi connectivity index (χ2v) is 9.12. The minimum atomic E-state index is -0.366. The number of carbonyl (C=O) groups is 1. The third kappa shape index (κ3) is 6.90. The first-order valence-electron chi connectivity index (χ1n) is 11.2. The van der Waals surface area contributed by atoms with E-state index in [2.05, 4.69) is 13.0 Å². The Labute approximate surface area is 166 Å². The van der Waals surface area contributed by atoms with E-state index in [1.165, 1.54) is 32.1 Å². The average Bonchev–Trinajstić information content (AvgIpc) is 3.13. The summed E-state index contributed by atoms with van der Waals surface area (Å²) >= 11 is 0. The van der Waals surface area contributed by atoms with Crippen LogP contribution in [0.5, 0.6) is 0 Å². The van der Waals surface area contributed by atoms with E-state index in [0.29, 0.717) is 18.3 Å². The SMILES string of the molecule is CCCCC[C@H](O)C=C[C@@H]1[C@H]2C[C@H](CCCCC(=O)N(C)C)C[C@H]2C[C@H]1O. The minimum absolute atomic E-state index is 0.219. The zero-order valence-electron chi connectivity index (χ0n) is 17.6. The van der Waals surface area contributed by atoms with Crippen molar-refractivity contribution < 1.29 is 15.0 Å². The van der Waals surface area contributed by atoms with E-state index in [-0.39, 0.29) is 24.0 Å². The molecular formula is C23H41NO3. The van der Waals surface area contributed by atoms with Crippen LogP contribution in [0, 0.1) is 23.7 Å². The summed E-state index contributed by atoms with van der Waals surface area (Å²) in [6, 6.07) is 0. The molecule has 6 atom stereocenters. The van der Waals surface area contributed by atoms with Gasteiger partial charge < -0.3 is 15.1 Å². The van der Waals surface area contributed by atoms with E-state index in [9.17, 15) is 15.0 Å². The van der Waals surface area contributed by atoms with Gasteiger partial charge in [-0.15, -0.1) is 0 Å². The van der Waals surface area contributed by atoms with Crippen LogP contribution < -0.4 is 0 Å². The summed E-state index contributed by atoms with van der Waals surface area (Å²) in [5, 5.41) is 20.6. The van der Waals surface area contributed by atoms with Crippen LogP contribution in [0.3, 0.4) is 0 Å². The van der Waals surface area contributed by atoms with E-state index in [1.54, 1.807) is 4.90 Å². The quantitative estimate of drug-likeness (QED) is 0.419. The molecule has 0 unspecified atom stereocenters. The van der Waals surface area contributed by atoms with Gasteiger partial charge >= 0.3 is 0 Å². The molecule has 27 heavy (non-hydrogen) atoms. The predicted molar refractivity (Wildman–Crippen MR) is 110 cm³/mol. The molecular weight excluding hydrogens is 338 g/mol. The van der Waals surface area contributed by atoms with Crippen LogP contribution in [0.15, 0.2) is 12.2 Å². The highest BCUT2D eigenvalue weighted by atomic mass is 16.3. The van der Waals surface area contributed by atoms with Crippen LogP contribution in [0.2, 0.25) is 0 Å². The molecule has 0 heterocycles. The van der Waals surface area contributed by atoms with Gasteiger partial charge in [0.05, 0.1) is 12.2 Å². The van der Waals surface area contributed by atoms with Crippen LogP contribution >= 0.6 is 0 Å². The Morgan fingerprint density at radius 2 is 1.93 bits per heavy atom. The van der Waals surface area contributed by atoms with Gasteiger partial charge in [-0.2, -0.15) is 0 Å². The van der Waals surface area contributed by atoms with Crippen LogP contribution in [-0.2, 0) is 4.79 Å². The molecule has 2 rings (SSSR count). The van der Waals surface area contributed by atoms with Gasteiger partial charge in [-0.25, -0.2) is 0 Å². The average molecular weight is 380 g/mol. The number of fused-ring (bicyclic) bond motifs is 1. The maximum absolute atomic E-state index is 11.7. The van der Waals surface area contributed by atoms with Gasteiger partial charge in [-0.05, 0) is 49.9 Å². The van der Waals surface area contributed by atoms with Crippen molar-refractivity contribution in [2.24, 2.45) is 23.7 Å². The Morgan fingerprint density at radius 1 is 1.15 bits per heavy atom. The van der Waals surface area contributed by atoms with Crippen molar-refractivity contribution in [2.45, 2.75) is 89.8 Å². The Bertz CT molecular complexity index is 476. The van der Waals surface area contributed by atoms with E-state index < -0.39 is 0 Å². The van der Waals surface area contributed by atoms with Crippen LogP contribution in [0.1, 0.15) is 77.6 Å². The summed E-state index contributed by atoms with van der Waals surface area (Å²) in [5.41, 5.74) is 0. The molecule has 4 nitrogen and oxygen atoms in total. The third-order valence-electron chi connectivity index (χ3n) is 6.74. The van der Waals surface area contributed by atoms with Gasteiger partial charge in [-0.1, -0.05) is 51.2 Å².